The first-order valence-electron chi connectivity index (χ1n) is 7.13. The number of hydrogen-bond donors (Lipinski definition) is 0. The van der Waals surface area contributed by atoms with E-state index in [0.29, 0.717) is 0 Å². The molecule has 0 saturated heterocycles. The SMILES string of the molecule is [Fe].[Fe].[S-][c-]1cccc1.[S-][c-]1cccc1.[S-][c-]1cccc1.[S-][c-]1cccc1.[Sn+4]. The zero-order chi connectivity index (χ0) is 17.6. The molecule has 0 fully saturated rings. The summed E-state index contributed by atoms with van der Waals surface area (Å²) < 4.78 is 0. The summed E-state index contributed by atoms with van der Waals surface area (Å²) in [4.78, 5) is 3.70. The molecule has 4 aromatic carbocycles. The van der Waals surface area contributed by atoms with E-state index in [0.717, 1.165) is 19.6 Å². The predicted molar refractivity (Wildman–Crippen MR) is 116 cm³/mol. The normalized spacial score (nSPS) is 7.70. The van der Waals surface area contributed by atoms with Gasteiger partial charge in [0.25, 0.3) is 0 Å². The summed E-state index contributed by atoms with van der Waals surface area (Å²) in [5, 5.41) is 0. The van der Waals surface area contributed by atoms with E-state index in [9.17, 15) is 0 Å². The standard InChI is InChI=1S/4C5H4S.2Fe.Sn/c4*6-5-3-1-2-4-5;;;/h4*1-4H;;;/q4*-2;;;+4. The predicted octanol–water partition coefficient (Wildman–Crippen LogP) is 4.86. The van der Waals surface area contributed by atoms with E-state index < -0.39 is 0 Å². The van der Waals surface area contributed by atoms with Crippen molar-refractivity contribution in [1.82, 2.24) is 0 Å². The van der Waals surface area contributed by atoms with E-state index in [1.807, 2.05) is 97.1 Å². The molecule has 0 unspecified atom stereocenters. The average molecular weight is 615 g/mol. The van der Waals surface area contributed by atoms with Crippen molar-refractivity contribution in [3.05, 3.63) is 97.1 Å². The summed E-state index contributed by atoms with van der Waals surface area (Å²) in [7, 11) is 0. The van der Waals surface area contributed by atoms with Crippen LogP contribution in [0.25, 0.3) is 0 Å². The van der Waals surface area contributed by atoms with Gasteiger partial charge in [0.15, 0.2) is 0 Å². The minimum Gasteiger partial charge on any atom is -0.859 e. The van der Waals surface area contributed by atoms with Crippen LogP contribution in [0, 0.1) is 0 Å². The van der Waals surface area contributed by atoms with Crippen molar-refractivity contribution in [2.45, 2.75) is 19.6 Å². The first kappa shape index (κ1) is 31.8. The number of rotatable bonds is 0. The van der Waals surface area contributed by atoms with Gasteiger partial charge in [-0.3, -0.25) is 19.6 Å². The Morgan fingerprint density at radius 3 is 0.481 bits per heavy atom. The van der Waals surface area contributed by atoms with Crippen LogP contribution >= 0.6 is 0 Å². The molecule has 4 rings (SSSR count). The Hall–Kier alpha value is 0.118. The summed E-state index contributed by atoms with van der Waals surface area (Å²) >= 11 is 19.0. The fraction of sp³-hybridized carbons (Fsp3) is 0. The Morgan fingerprint density at radius 1 is 0.333 bits per heavy atom. The first-order valence-corrected chi connectivity index (χ1v) is 8.76. The smallest absolute Gasteiger partial charge is 0.859 e. The third kappa shape index (κ3) is 19.2. The molecule has 0 aliphatic carbocycles. The van der Waals surface area contributed by atoms with E-state index in [-0.39, 0.29) is 58.0 Å². The fourth-order valence-corrected chi connectivity index (χ4v) is 2.05. The van der Waals surface area contributed by atoms with Crippen molar-refractivity contribution in [3.8, 4) is 0 Å². The topological polar surface area (TPSA) is 0 Å². The van der Waals surface area contributed by atoms with Crippen LogP contribution in [0.5, 0.6) is 0 Å². The second-order valence-corrected chi connectivity index (χ2v) is 6.37. The third-order valence-electron chi connectivity index (χ3n) is 2.53. The van der Waals surface area contributed by atoms with Gasteiger partial charge in [-0.1, -0.05) is 0 Å². The second-order valence-electron chi connectivity index (χ2n) is 4.48. The Bertz CT molecular complexity index is 575. The minimum atomic E-state index is 0. The van der Waals surface area contributed by atoms with Crippen LogP contribution in [0.15, 0.2) is 117 Å². The summed E-state index contributed by atoms with van der Waals surface area (Å²) in [5.74, 6) is 0. The maximum atomic E-state index is 4.75. The van der Waals surface area contributed by atoms with Crippen molar-refractivity contribution in [1.29, 1.82) is 0 Å². The van der Waals surface area contributed by atoms with E-state index in [2.05, 4.69) is 0 Å². The van der Waals surface area contributed by atoms with Crippen molar-refractivity contribution in [3.63, 3.8) is 0 Å². The third-order valence-corrected chi connectivity index (χ3v) is 3.62. The van der Waals surface area contributed by atoms with E-state index >= 15 is 0 Å². The molecule has 7 heteroatoms. The van der Waals surface area contributed by atoms with Gasteiger partial charge in [0.05, 0.1) is 0 Å². The second kappa shape index (κ2) is 20.8. The van der Waals surface area contributed by atoms with E-state index in [4.69, 9.17) is 50.5 Å². The van der Waals surface area contributed by atoms with Gasteiger partial charge in [-0.05, 0) is 0 Å². The van der Waals surface area contributed by atoms with Gasteiger partial charge in [0.2, 0.25) is 0 Å². The Labute approximate surface area is 222 Å². The summed E-state index contributed by atoms with van der Waals surface area (Å²) in [5.41, 5.74) is 0. The van der Waals surface area contributed by atoms with Crippen molar-refractivity contribution in [2.75, 3.05) is 0 Å². The van der Waals surface area contributed by atoms with E-state index in [1.54, 1.807) is 0 Å². The molecule has 0 atom stereocenters. The van der Waals surface area contributed by atoms with Crippen molar-refractivity contribution < 1.29 is 34.1 Å². The Morgan fingerprint density at radius 2 is 0.444 bits per heavy atom. The monoisotopic (exact) mass is 616 g/mol. The zero-order valence-corrected chi connectivity index (χ0v) is 22.4. The molecule has 0 N–H and O–H groups in total. The van der Waals surface area contributed by atoms with Crippen molar-refractivity contribution in [2.24, 2.45) is 0 Å². The molecule has 144 valence electrons. The van der Waals surface area contributed by atoms with E-state index in [1.165, 1.54) is 0 Å². The van der Waals surface area contributed by atoms with Gasteiger partial charge in [-0.15, -0.1) is 0 Å². The van der Waals surface area contributed by atoms with Crippen molar-refractivity contribution >= 4 is 74.4 Å². The summed E-state index contributed by atoms with van der Waals surface area (Å²) in [6, 6.07) is 30.6. The molecule has 0 aliphatic rings. The van der Waals surface area contributed by atoms with Crippen LogP contribution in [0.2, 0.25) is 0 Å². The molecule has 0 amide bonds. The van der Waals surface area contributed by atoms with Gasteiger partial charge in [0.1, 0.15) is 0 Å². The van der Waals surface area contributed by atoms with Gasteiger partial charge in [-0.2, -0.15) is 0 Å². The van der Waals surface area contributed by atoms with Crippen LogP contribution in [-0.2, 0) is 84.7 Å². The average Bonchev–Trinajstić information content (AvgIpc) is 3.31. The Kier molecular flexibility index (Phi) is 24.5. The van der Waals surface area contributed by atoms with Crippen LogP contribution in [0.4, 0.5) is 0 Å². The van der Waals surface area contributed by atoms with Crippen LogP contribution < -0.4 is 0 Å². The molecule has 0 spiro atoms. The molecule has 0 aromatic heterocycles. The molecular formula is C20H16Fe2S4Sn-4. The van der Waals surface area contributed by atoms with Gasteiger partial charge in [-0.25, -0.2) is 97.1 Å². The molecule has 0 nitrogen and oxygen atoms in total. The Balaban J connectivity index is -0.000000274. The minimum absolute atomic E-state index is 0. The molecule has 0 saturated carbocycles. The van der Waals surface area contributed by atoms with Crippen LogP contribution in [-0.4, -0.2) is 23.9 Å². The van der Waals surface area contributed by atoms with Crippen LogP contribution in [0.3, 0.4) is 0 Å². The fourth-order valence-electron chi connectivity index (χ4n) is 1.43. The molecular weight excluding hydrogens is 599 g/mol. The maximum absolute atomic E-state index is 4.75. The molecule has 27 heavy (non-hydrogen) atoms. The summed E-state index contributed by atoms with van der Waals surface area (Å²) in [6.07, 6.45) is 0. The zero-order valence-electron chi connectivity index (χ0n) is 14.1. The first-order chi connectivity index (χ1) is 11.6. The largest absolute Gasteiger partial charge is 4.00 e. The maximum Gasteiger partial charge on any atom is 4.00 e. The number of hydrogen-bond acceptors (Lipinski definition) is 4. The molecule has 4 aromatic rings. The molecule has 0 heterocycles. The molecule has 0 radical (unpaired) electrons. The van der Waals surface area contributed by atoms with Gasteiger partial charge >= 0.3 is 23.9 Å². The molecule has 0 bridgehead atoms. The summed E-state index contributed by atoms with van der Waals surface area (Å²) in [6.45, 7) is 0. The quantitative estimate of drug-likeness (QED) is 0.158. The van der Waals surface area contributed by atoms with Gasteiger partial charge < -0.3 is 50.5 Å². The van der Waals surface area contributed by atoms with Crippen LogP contribution in [0.1, 0.15) is 0 Å². The molecule has 0 aliphatic heterocycles. The van der Waals surface area contributed by atoms with Gasteiger partial charge in [0, 0.05) is 34.1 Å².